The Morgan fingerprint density at radius 1 is 1.36 bits per heavy atom. The topological polar surface area (TPSA) is 4.44 Å². The number of hydrogen-bond acceptors (Lipinski definition) is 0. The van der Waals surface area contributed by atoms with E-state index in [-0.39, 0.29) is 0 Å². The van der Waals surface area contributed by atoms with Crippen LogP contribution < -0.4 is 4.90 Å². The van der Waals surface area contributed by atoms with Gasteiger partial charge in [-0.2, -0.15) is 0 Å². The van der Waals surface area contributed by atoms with Gasteiger partial charge in [0.25, 0.3) is 0 Å². The first-order valence-corrected chi connectivity index (χ1v) is 5.03. The molecule has 1 heteroatoms. The van der Waals surface area contributed by atoms with Crippen LogP contribution in [0.15, 0.2) is 30.3 Å². The van der Waals surface area contributed by atoms with Crippen LogP contribution in [0.2, 0.25) is 0 Å². The molecule has 0 aromatic heterocycles. The van der Waals surface area contributed by atoms with E-state index in [4.69, 9.17) is 6.42 Å². The van der Waals surface area contributed by atoms with E-state index in [2.05, 4.69) is 44.2 Å². The van der Waals surface area contributed by atoms with Gasteiger partial charge in [-0.05, 0) is 18.4 Å². The summed E-state index contributed by atoms with van der Waals surface area (Å²) in [5.74, 6) is 2.70. The van der Waals surface area contributed by atoms with Crippen molar-refractivity contribution < 1.29 is 4.90 Å². The highest BCUT2D eigenvalue weighted by atomic mass is 15.1. The predicted molar refractivity (Wildman–Crippen MR) is 60.2 cm³/mol. The summed E-state index contributed by atoms with van der Waals surface area (Å²) in [6.07, 6.45) is 6.38. The highest BCUT2D eigenvalue weighted by molar-refractivity contribution is 5.15. The van der Waals surface area contributed by atoms with E-state index in [1.807, 2.05) is 6.07 Å². The zero-order chi connectivity index (χ0) is 10.4. The van der Waals surface area contributed by atoms with Crippen LogP contribution in [-0.4, -0.2) is 19.6 Å². The van der Waals surface area contributed by atoms with Crippen LogP contribution in [0.25, 0.3) is 0 Å². The molecule has 0 aliphatic carbocycles. The largest absolute Gasteiger partial charge is 0.325 e. The third-order valence-corrected chi connectivity index (χ3v) is 2.61. The van der Waals surface area contributed by atoms with Gasteiger partial charge < -0.3 is 4.90 Å². The fourth-order valence-corrected chi connectivity index (χ4v) is 1.48. The molecule has 74 valence electrons. The van der Waals surface area contributed by atoms with Crippen molar-refractivity contribution in [3.63, 3.8) is 0 Å². The third-order valence-electron chi connectivity index (χ3n) is 2.61. The average molecular weight is 188 g/mol. The zero-order valence-corrected chi connectivity index (χ0v) is 8.96. The quantitative estimate of drug-likeness (QED) is 0.666. The fraction of sp³-hybridized carbons (Fsp3) is 0.385. The second-order valence-electron chi connectivity index (χ2n) is 3.82. The highest BCUT2D eigenvalue weighted by Gasteiger charge is 2.11. The Hall–Kier alpha value is -1.26. The van der Waals surface area contributed by atoms with E-state index < -0.39 is 0 Å². The normalized spacial score (nSPS) is 14.4. The van der Waals surface area contributed by atoms with Gasteiger partial charge in [0.05, 0.1) is 13.1 Å². The lowest BCUT2D eigenvalue weighted by Gasteiger charge is -2.19. The van der Waals surface area contributed by atoms with Gasteiger partial charge in [0.2, 0.25) is 0 Å². The minimum absolute atomic E-state index is 0.577. The van der Waals surface area contributed by atoms with Crippen LogP contribution in [0, 0.1) is 12.3 Å². The second kappa shape index (κ2) is 5.47. The molecule has 0 spiro atoms. The number of terminal acetylenes is 1. The van der Waals surface area contributed by atoms with Gasteiger partial charge in [-0.1, -0.05) is 30.3 Å². The SMILES string of the molecule is C#CC[NH+](C)C(C)Cc1ccccc1. The van der Waals surface area contributed by atoms with Crippen molar-refractivity contribution in [1.82, 2.24) is 0 Å². The molecular weight excluding hydrogens is 170 g/mol. The van der Waals surface area contributed by atoms with Crippen molar-refractivity contribution in [2.45, 2.75) is 19.4 Å². The van der Waals surface area contributed by atoms with Gasteiger partial charge in [-0.25, -0.2) is 0 Å². The average Bonchev–Trinajstić information content (AvgIpc) is 2.19. The first-order chi connectivity index (χ1) is 6.74. The summed E-state index contributed by atoms with van der Waals surface area (Å²) in [5.41, 5.74) is 1.39. The van der Waals surface area contributed by atoms with E-state index in [0.717, 1.165) is 13.0 Å². The Morgan fingerprint density at radius 2 is 2.00 bits per heavy atom. The van der Waals surface area contributed by atoms with Crippen molar-refractivity contribution in [3.8, 4) is 12.3 Å². The van der Waals surface area contributed by atoms with Gasteiger partial charge in [0.1, 0.15) is 6.54 Å². The van der Waals surface area contributed by atoms with E-state index in [1.54, 1.807) is 0 Å². The predicted octanol–water partition coefficient (Wildman–Crippen LogP) is 0.765. The Balaban J connectivity index is 2.49. The summed E-state index contributed by atoms with van der Waals surface area (Å²) in [7, 11) is 2.15. The molecule has 14 heavy (non-hydrogen) atoms. The molecule has 1 aromatic rings. The number of likely N-dealkylation sites (N-methyl/N-ethyl adjacent to an activating group) is 1. The molecule has 1 N–H and O–H groups in total. The number of hydrogen-bond donors (Lipinski definition) is 1. The van der Waals surface area contributed by atoms with Crippen molar-refractivity contribution in [3.05, 3.63) is 35.9 Å². The molecule has 1 nitrogen and oxygen atoms in total. The first-order valence-electron chi connectivity index (χ1n) is 5.03. The molecule has 0 bridgehead atoms. The summed E-state index contributed by atoms with van der Waals surface area (Å²) in [6, 6.07) is 11.1. The maximum atomic E-state index is 5.29. The number of nitrogens with one attached hydrogen (secondary N) is 1. The molecule has 0 radical (unpaired) electrons. The van der Waals surface area contributed by atoms with E-state index in [9.17, 15) is 0 Å². The molecule has 1 aromatic carbocycles. The molecule has 2 unspecified atom stereocenters. The van der Waals surface area contributed by atoms with Gasteiger partial charge in [0, 0.05) is 6.42 Å². The standard InChI is InChI=1S/C13H17N/c1-4-10-14(3)12(2)11-13-8-6-5-7-9-13/h1,5-9,12H,10-11H2,2-3H3/p+1. The Labute approximate surface area is 86.7 Å². The number of quaternary nitrogens is 1. The van der Waals surface area contributed by atoms with Crippen LogP contribution in [0.1, 0.15) is 12.5 Å². The summed E-state index contributed by atoms with van der Waals surface area (Å²) in [5, 5.41) is 0. The second-order valence-corrected chi connectivity index (χ2v) is 3.82. The lowest BCUT2D eigenvalue weighted by molar-refractivity contribution is -0.896. The molecule has 0 fully saturated rings. The molecule has 0 saturated carbocycles. The number of rotatable bonds is 4. The lowest BCUT2D eigenvalue weighted by Crippen LogP contribution is -3.12. The maximum absolute atomic E-state index is 5.29. The highest BCUT2D eigenvalue weighted by Crippen LogP contribution is 2.00. The third kappa shape index (κ3) is 3.24. The summed E-state index contributed by atoms with van der Waals surface area (Å²) in [6.45, 7) is 3.04. The van der Waals surface area contributed by atoms with Crippen molar-refractivity contribution >= 4 is 0 Å². The van der Waals surface area contributed by atoms with E-state index in [1.165, 1.54) is 10.5 Å². The van der Waals surface area contributed by atoms with Gasteiger partial charge in [-0.15, -0.1) is 6.42 Å². The molecule has 0 heterocycles. The molecule has 2 atom stereocenters. The fourth-order valence-electron chi connectivity index (χ4n) is 1.48. The lowest BCUT2D eigenvalue weighted by atomic mass is 10.1. The summed E-state index contributed by atoms with van der Waals surface area (Å²) >= 11 is 0. The maximum Gasteiger partial charge on any atom is 0.139 e. The first kappa shape index (κ1) is 10.8. The Bertz CT molecular complexity index is 297. The molecule has 0 saturated heterocycles. The van der Waals surface area contributed by atoms with Crippen molar-refractivity contribution in [2.75, 3.05) is 13.6 Å². The zero-order valence-electron chi connectivity index (χ0n) is 8.96. The van der Waals surface area contributed by atoms with Crippen LogP contribution in [0.3, 0.4) is 0 Å². The molecule has 1 rings (SSSR count). The van der Waals surface area contributed by atoms with E-state index in [0.29, 0.717) is 6.04 Å². The molecule has 0 aliphatic rings. The smallest absolute Gasteiger partial charge is 0.139 e. The van der Waals surface area contributed by atoms with Crippen LogP contribution in [-0.2, 0) is 6.42 Å². The van der Waals surface area contributed by atoms with Crippen molar-refractivity contribution in [2.24, 2.45) is 0 Å². The number of benzene rings is 1. The molecular formula is C13H18N+. The summed E-state index contributed by atoms with van der Waals surface area (Å²) < 4.78 is 0. The van der Waals surface area contributed by atoms with Crippen LogP contribution >= 0.6 is 0 Å². The summed E-state index contributed by atoms with van der Waals surface area (Å²) in [4.78, 5) is 1.40. The van der Waals surface area contributed by atoms with Crippen LogP contribution in [0.4, 0.5) is 0 Å². The van der Waals surface area contributed by atoms with Gasteiger partial charge >= 0.3 is 0 Å². The van der Waals surface area contributed by atoms with Gasteiger partial charge in [0.15, 0.2) is 0 Å². The van der Waals surface area contributed by atoms with Crippen molar-refractivity contribution in [1.29, 1.82) is 0 Å². The minimum Gasteiger partial charge on any atom is -0.325 e. The van der Waals surface area contributed by atoms with Crippen LogP contribution in [0.5, 0.6) is 0 Å². The Kier molecular flexibility index (Phi) is 4.22. The molecule has 0 aliphatic heterocycles. The minimum atomic E-state index is 0.577. The molecule has 0 amide bonds. The monoisotopic (exact) mass is 188 g/mol. The van der Waals surface area contributed by atoms with E-state index >= 15 is 0 Å². The van der Waals surface area contributed by atoms with Gasteiger partial charge in [-0.3, -0.25) is 0 Å². The Morgan fingerprint density at radius 3 is 2.57 bits per heavy atom.